The maximum Gasteiger partial charge on any atom is 0.229 e. The third kappa shape index (κ3) is 3.80. The predicted molar refractivity (Wildman–Crippen MR) is 136 cm³/mol. The molecule has 9 nitrogen and oxygen atoms in total. The molecule has 4 aromatic rings. The van der Waals surface area contributed by atoms with E-state index in [9.17, 15) is 9.59 Å². The highest BCUT2D eigenvalue weighted by Crippen LogP contribution is 2.38. The number of aryl methyl sites for hydroxylation is 3. The van der Waals surface area contributed by atoms with Crippen LogP contribution in [0.25, 0.3) is 22.1 Å². The number of ketones is 1. The molecule has 4 aromatic heterocycles. The minimum absolute atomic E-state index is 0.0000479. The number of nitrogens with zero attached hydrogens (tertiary/aromatic N) is 6. The Bertz CT molecular complexity index is 1480. The molecule has 35 heavy (non-hydrogen) atoms. The molecule has 4 heterocycles. The van der Waals surface area contributed by atoms with E-state index in [4.69, 9.17) is 4.98 Å². The van der Waals surface area contributed by atoms with Crippen LogP contribution in [-0.4, -0.2) is 52.8 Å². The summed E-state index contributed by atoms with van der Waals surface area (Å²) in [6.45, 7) is 6.18. The molecule has 10 heteroatoms. The maximum absolute atomic E-state index is 13.3. The number of rotatable bonds is 8. The lowest BCUT2D eigenvalue weighted by atomic mass is 10.2. The molecule has 0 bridgehead atoms. The van der Waals surface area contributed by atoms with Gasteiger partial charge in [-0.15, -0.1) is 0 Å². The van der Waals surface area contributed by atoms with E-state index < -0.39 is 0 Å². The van der Waals surface area contributed by atoms with Crippen molar-refractivity contribution in [3.8, 4) is 0 Å². The number of carbonyl (C=O) groups is 2. The van der Waals surface area contributed by atoms with Gasteiger partial charge in [-0.2, -0.15) is 0 Å². The molecule has 0 unspecified atom stereocenters. The molecule has 1 amide bonds. The molecule has 0 radical (unpaired) electrons. The average molecular weight is 492 g/mol. The van der Waals surface area contributed by atoms with E-state index in [2.05, 4.69) is 37.7 Å². The second-order valence-electron chi connectivity index (χ2n) is 9.69. The molecule has 0 atom stereocenters. The van der Waals surface area contributed by atoms with Crippen LogP contribution in [0.5, 0.6) is 0 Å². The fourth-order valence-corrected chi connectivity index (χ4v) is 5.95. The van der Waals surface area contributed by atoms with Crippen molar-refractivity contribution in [1.29, 1.82) is 0 Å². The van der Waals surface area contributed by atoms with Crippen LogP contribution < -0.4 is 5.32 Å². The van der Waals surface area contributed by atoms with Gasteiger partial charge < -0.3 is 19.4 Å². The van der Waals surface area contributed by atoms with E-state index in [1.807, 2.05) is 18.5 Å². The van der Waals surface area contributed by atoms with E-state index in [-0.39, 0.29) is 11.7 Å². The number of carbonyl (C=O) groups excluding carboxylic acids is 2. The number of fused-ring (bicyclic) bond motifs is 3. The van der Waals surface area contributed by atoms with Crippen molar-refractivity contribution in [2.45, 2.75) is 71.5 Å². The third-order valence-electron chi connectivity index (χ3n) is 6.95. The number of anilines is 2. The van der Waals surface area contributed by atoms with Gasteiger partial charge in [0, 0.05) is 43.7 Å². The Kier molecular flexibility index (Phi) is 5.17. The second kappa shape index (κ2) is 8.15. The molecular formula is C25H29N7O2S. The Hall–Kier alpha value is -3.27. The van der Waals surface area contributed by atoms with E-state index >= 15 is 0 Å². The Morgan fingerprint density at radius 2 is 1.91 bits per heavy atom. The summed E-state index contributed by atoms with van der Waals surface area (Å²) < 4.78 is 4.13. The van der Waals surface area contributed by atoms with Gasteiger partial charge in [0.05, 0.1) is 28.8 Å². The van der Waals surface area contributed by atoms with Crippen molar-refractivity contribution in [2.75, 3.05) is 5.32 Å². The van der Waals surface area contributed by atoms with Gasteiger partial charge in [0.25, 0.3) is 0 Å². The quantitative estimate of drug-likeness (QED) is 0.368. The topological polar surface area (TPSA) is 97.9 Å². The van der Waals surface area contributed by atoms with Crippen molar-refractivity contribution < 1.29 is 9.59 Å². The van der Waals surface area contributed by atoms with Crippen LogP contribution in [0, 0.1) is 6.92 Å². The fourth-order valence-electron chi connectivity index (χ4n) is 5.09. The molecule has 2 fully saturated rings. The minimum Gasteiger partial charge on any atom is -0.336 e. The number of aromatic nitrogens is 5. The molecule has 0 aromatic carbocycles. The van der Waals surface area contributed by atoms with Crippen LogP contribution in [0.3, 0.4) is 0 Å². The molecule has 0 aliphatic heterocycles. The van der Waals surface area contributed by atoms with Gasteiger partial charge in [-0.25, -0.2) is 15.0 Å². The van der Waals surface area contributed by atoms with Crippen LogP contribution in [0.15, 0.2) is 12.4 Å². The van der Waals surface area contributed by atoms with Gasteiger partial charge >= 0.3 is 0 Å². The van der Waals surface area contributed by atoms with E-state index in [1.165, 1.54) is 11.3 Å². The number of thiazole rings is 1. The minimum atomic E-state index is 0.0000479. The first kappa shape index (κ1) is 22.2. The maximum atomic E-state index is 13.3. The van der Waals surface area contributed by atoms with Gasteiger partial charge in [0.15, 0.2) is 16.7 Å². The SMILES string of the molecule is CCn1c(CC(=O)N(C2CC2)C2CC2)cc2c3c(ncn3C)c(Nc3nc(C)c(C(C)=O)s3)nc21. The molecule has 6 rings (SSSR count). The summed E-state index contributed by atoms with van der Waals surface area (Å²) in [7, 11) is 1.97. The number of hydrogen-bond acceptors (Lipinski definition) is 7. The van der Waals surface area contributed by atoms with E-state index in [0.29, 0.717) is 46.6 Å². The predicted octanol–water partition coefficient (Wildman–Crippen LogP) is 4.35. The third-order valence-corrected chi connectivity index (χ3v) is 8.12. The molecule has 1 N–H and O–H groups in total. The van der Waals surface area contributed by atoms with E-state index in [1.54, 1.807) is 13.3 Å². The summed E-state index contributed by atoms with van der Waals surface area (Å²) in [5.41, 5.74) is 4.20. The first-order chi connectivity index (χ1) is 16.9. The van der Waals surface area contributed by atoms with Crippen LogP contribution >= 0.6 is 11.3 Å². The number of pyridine rings is 1. The smallest absolute Gasteiger partial charge is 0.229 e. The lowest BCUT2D eigenvalue weighted by Gasteiger charge is -2.22. The molecule has 182 valence electrons. The van der Waals surface area contributed by atoms with Gasteiger partial charge in [0.2, 0.25) is 5.91 Å². The number of hydrogen-bond donors (Lipinski definition) is 1. The largest absolute Gasteiger partial charge is 0.336 e. The zero-order valence-electron chi connectivity index (χ0n) is 20.5. The summed E-state index contributed by atoms with van der Waals surface area (Å²) >= 11 is 1.32. The summed E-state index contributed by atoms with van der Waals surface area (Å²) in [6.07, 6.45) is 6.69. The fraction of sp³-hybridized carbons (Fsp3) is 0.480. The lowest BCUT2D eigenvalue weighted by Crippen LogP contribution is -2.36. The molecule has 2 saturated carbocycles. The standard InChI is InChI=1S/C25H29N7O2S/c1-5-31-17(11-19(34)32(15-6-7-15)16-8-9-16)10-18-21-20(26-12-30(21)4)23(28-24(18)31)29-25-27-13(2)22(35-25)14(3)33/h10,12,15-16H,5-9,11H2,1-4H3,(H,27,28,29). The highest BCUT2D eigenvalue weighted by atomic mass is 32.1. The molecule has 0 spiro atoms. The Morgan fingerprint density at radius 1 is 1.20 bits per heavy atom. The van der Waals surface area contributed by atoms with Crippen molar-refractivity contribution in [2.24, 2.45) is 7.05 Å². The first-order valence-electron chi connectivity index (χ1n) is 12.2. The van der Waals surface area contributed by atoms with Gasteiger partial charge in [-0.05, 0) is 45.6 Å². The number of imidazole rings is 1. The zero-order valence-corrected chi connectivity index (χ0v) is 21.3. The second-order valence-corrected chi connectivity index (χ2v) is 10.7. The molecular weight excluding hydrogens is 462 g/mol. The van der Waals surface area contributed by atoms with Gasteiger partial charge in [0.1, 0.15) is 11.2 Å². The molecule has 2 aliphatic carbocycles. The normalized spacial score (nSPS) is 15.8. The monoisotopic (exact) mass is 491 g/mol. The first-order valence-corrected chi connectivity index (χ1v) is 13.1. The Morgan fingerprint density at radius 3 is 2.51 bits per heavy atom. The molecule has 2 aliphatic rings. The van der Waals surface area contributed by atoms with Crippen molar-refractivity contribution in [3.63, 3.8) is 0 Å². The molecule has 0 saturated heterocycles. The Labute approximate surface area is 207 Å². The Balaban J connectivity index is 1.43. The van der Waals surface area contributed by atoms with Crippen molar-refractivity contribution in [3.05, 3.63) is 28.7 Å². The highest BCUT2D eigenvalue weighted by molar-refractivity contribution is 7.17. The average Bonchev–Trinajstić information content (AvgIpc) is 3.72. The summed E-state index contributed by atoms with van der Waals surface area (Å²) in [4.78, 5) is 42.1. The van der Waals surface area contributed by atoms with Crippen LogP contribution in [0.4, 0.5) is 10.9 Å². The lowest BCUT2D eigenvalue weighted by molar-refractivity contribution is -0.131. The summed E-state index contributed by atoms with van der Waals surface area (Å²) in [6, 6.07) is 2.99. The summed E-state index contributed by atoms with van der Waals surface area (Å²) in [5.74, 6) is 0.822. The number of amides is 1. The van der Waals surface area contributed by atoms with E-state index in [0.717, 1.165) is 53.4 Å². The van der Waals surface area contributed by atoms with Crippen LogP contribution in [0.2, 0.25) is 0 Å². The van der Waals surface area contributed by atoms with Crippen LogP contribution in [0.1, 0.15) is 60.6 Å². The highest BCUT2D eigenvalue weighted by Gasteiger charge is 2.42. The number of Topliss-reactive ketones (excluding diaryl/α,β-unsaturated/α-hetero) is 1. The van der Waals surface area contributed by atoms with Gasteiger partial charge in [-0.3, -0.25) is 9.59 Å². The van der Waals surface area contributed by atoms with Crippen molar-refractivity contribution >= 4 is 56.0 Å². The van der Waals surface area contributed by atoms with Crippen LogP contribution in [-0.2, 0) is 24.8 Å². The summed E-state index contributed by atoms with van der Waals surface area (Å²) in [5, 5.41) is 4.91. The van der Waals surface area contributed by atoms with Gasteiger partial charge in [-0.1, -0.05) is 11.3 Å². The zero-order chi connectivity index (χ0) is 24.4. The number of nitrogens with one attached hydrogen (secondary N) is 1. The van der Waals surface area contributed by atoms with Crippen molar-refractivity contribution in [1.82, 2.24) is 29.0 Å².